The van der Waals surface area contributed by atoms with Crippen molar-refractivity contribution in [1.29, 1.82) is 0 Å². The largest absolute Gasteiger partial charge is 0.338 e. The fourth-order valence-electron chi connectivity index (χ4n) is 4.81. The zero-order valence-electron chi connectivity index (χ0n) is 20.3. The molecule has 4 rings (SSSR count). The van der Waals surface area contributed by atoms with Crippen molar-refractivity contribution >= 4 is 12.0 Å². The second kappa shape index (κ2) is 12.3. The minimum Gasteiger partial charge on any atom is -0.338 e. The van der Waals surface area contributed by atoms with Gasteiger partial charge in [0.15, 0.2) is 0 Å². The molecule has 34 heavy (non-hydrogen) atoms. The molecule has 0 saturated carbocycles. The van der Waals surface area contributed by atoms with Crippen LogP contribution in [0.3, 0.4) is 0 Å². The van der Waals surface area contributed by atoms with Crippen molar-refractivity contribution in [2.24, 2.45) is 5.92 Å². The Bertz CT molecular complexity index is 1040. The van der Waals surface area contributed by atoms with E-state index in [1.54, 1.807) is 0 Å². The van der Waals surface area contributed by atoms with Crippen molar-refractivity contribution in [2.45, 2.75) is 32.7 Å². The van der Waals surface area contributed by atoms with Gasteiger partial charge in [-0.25, -0.2) is 0 Å². The average molecular weight is 453 g/mol. The van der Waals surface area contributed by atoms with E-state index in [0.717, 1.165) is 45.4 Å². The normalized spacial score (nSPS) is 15.3. The summed E-state index contributed by atoms with van der Waals surface area (Å²) in [6, 6.07) is 31.4. The predicted octanol–water partition coefficient (Wildman–Crippen LogP) is 6.07. The molecule has 1 fully saturated rings. The van der Waals surface area contributed by atoms with E-state index in [4.69, 9.17) is 0 Å². The molecule has 1 amide bonds. The number of likely N-dealkylation sites (tertiary alicyclic amines) is 1. The number of benzene rings is 3. The van der Waals surface area contributed by atoms with Crippen molar-refractivity contribution in [3.05, 3.63) is 113 Å². The smallest absolute Gasteiger partial charge is 0.226 e. The summed E-state index contributed by atoms with van der Waals surface area (Å²) in [5.74, 6) is 0.435. The Balaban J connectivity index is 1.34. The molecule has 1 saturated heterocycles. The lowest BCUT2D eigenvalue weighted by Crippen LogP contribution is -2.43. The quantitative estimate of drug-likeness (QED) is 0.393. The van der Waals surface area contributed by atoms with Crippen LogP contribution in [0.15, 0.2) is 96.6 Å². The van der Waals surface area contributed by atoms with Gasteiger partial charge in [0.25, 0.3) is 0 Å². The van der Waals surface area contributed by atoms with Crippen molar-refractivity contribution in [3.63, 3.8) is 0 Å². The highest BCUT2D eigenvalue weighted by molar-refractivity contribution is 5.79. The summed E-state index contributed by atoms with van der Waals surface area (Å²) < 4.78 is 0. The van der Waals surface area contributed by atoms with E-state index in [-0.39, 0.29) is 5.92 Å². The van der Waals surface area contributed by atoms with Gasteiger partial charge in [0.1, 0.15) is 0 Å². The lowest BCUT2D eigenvalue weighted by molar-refractivity contribution is -0.137. The first-order valence-electron chi connectivity index (χ1n) is 12.5. The third-order valence-electron chi connectivity index (χ3n) is 6.66. The molecule has 0 radical (unpaired) electrons. The molecular weight excluding hydrogens is 416 g/mol. The van der Waals surface area contributed by atoms with E-state index in [0.29, 0.717) is 12.5 Å². The number of hydrogen-bond acceptors (Lipinski definition) is 2. The second-order valence-corrected chi connectivity index (χ2v) is 9.43. The molecule has 3 aromatic carbocycles. The van der Waals surface area contributed by atoms with Crippen molar-refractivity contribution in [2.75, 3.05) is 26.2 Å². The van der Waals surface area contributed by atoms with Gasteiger partial charge in [-0.1, -0.05) is 103 Å². The Labute approximate surface area is 204 Å². The summed E-state index contributed by atoms with van der Waals surface area (Å²) in [5.41, 5.74) is 5.09. The minimum absolute atomic E-state index is 0.120. The maximum absolute atomic E-state index is 13.6. The van der Waals surface area contributed by atoms with Crippen LogP contribution >= 0.6 is 0 Å². The molecule has 1 heterocycles. The van der Waals surface area contributed by atoms with Crippen molar-refractivity contribution < 1.29 is 4.79 Å². The summed E-state index contributed by atoms with van der Waals surface area (Å²) in [7, 11) is 0. The molecule has 176 valence electrons. The summed E-state index contributed by atoms with van der Waals surface area (Å²) in [6.45, 7) is 6.58. The summed E-state index contributed by atoms with van der Waals surface area (Å²) in [5, 5.41) is 0. The predicted molar refractivity (Wildman–Crippen MR) is 141 cm³/mol. The summed E-state index contributed by atoms with van der Waals surface area (Å²) >= 11 is 0. The van der Waals surface area contributed by atoms with E-state index in [1.165, 1.54) is 22.3 Å². The molecule has 0 spiro atoms. The topological polar surface area (TPSA) is 23.6 Å². The van der Waals surface area contributed by atoms with Crippen molar-refractivity contribution in [3.8, 4) is 0 Å². The standard InChI is InChI=1S/C31H36N2O/c1-26(23-28-13-7-3-8-14-28)24-32-20-18-30(19-21-32)31(34)33(25-29-15-9-4-10-16-29)22-17-27-11-5-2-6-12-27/h2-16,23,30H,17-22,24-25H2,1H3/b26-23+. The fraction of sp³-hybridized carbons (Fsp3) is 0.323. The molecule has 1 aliphatic heterocycles. The molecule has 3 heteroatoms. The summed E-state index contributed by atoms with van der Waals surface area (Å²) in [6.07, 6.45) is 5.03. The molecule has 0 unspecified atom stereocenters. The highest BCUT2D eigenvalue weighted by Gasteiger charge is 2.28. The van der Waals surface area contributed by atoms with Gasteiger partial charge in [-0.15, -0.1) is 0 Å². The third-order valence-corrected chi connectivity index (χ3v) is 6.66. The Kier molecular flexibility index (Phi) is 8.70. The zero-order chi connectivity index (χ0) is 23.6. The number of rotatable bonds is 9. The lowest BCUT2D eigenvalue weighted by atomic mass is 9.94. The molecule has 0 bridgehead atoms. The van der Waals surface area contributed by atoms with E-state index >= 15 is 0 Å². The van der Waals surface area contributed by atoms with Gasteiger partial charge in [-0.2, -0.15) is 0 Å². The van der Waals surface area contributed by atoms with E-state index in [1.807, 2.05) is 12.1 Å². The van der Waals surface area contributed by atoms with Crippen LogP contribution in [0.5, 0.6) is 0 Å². The monoisotopic (exact) mass is 452 g/mol. The van der Waals surface area contributed by atoms with Crippen LogP contribution < -0.4 is 0 Å². The average Bonchev–Trinajstić information content (AvgIpc) is 2.88. The number of piperidine rings is 1. The zero-order valence-corrected chi connectivity index (χ0v) is 20.3. The Morgan fingerprint density at radius 1 is 0.853 bits per heavy atom. The van der Waals surface area contributed by atoms with Crippen LogP contribution in [0.4, 0.5) is 0 Å². The molecule has 0 aromatic heterocycles. The number of carbonyl (C=O) groups is 1. The first kappa shape index (κ1) is 24.0. The Hall–Kier alpha value is -3.17. The maximum atomic E-state index is 13.6. The summed E-state index contributed by atoms with van der Waals surface area (Å²) in [4.78, 5) is 18.2. The van der Waals surface area contributed by atoms with Crippen molar-refractivity contribution in [1.82, 2.24) is 9.80 Å². The first-order valence-corrected chi connectivity index (χ1v) is 12.5. The third kappa shape index (κ3) is 7.16. The van der Waals surface area contributed by atoms with Gasteiger partial charge in [0.05, 0.1) is 0 Å². The highest BCUT2D eigenvalue weighted by Crippen LogP contribution is 2.22. The van der Waals surface area contributed by atoms with Gasteiger partial charge in [0.2, 0.25) is 5.91 Å². The SMILES string of the molecule is C/C(=C\c1ccccc1)CN1CCC(C(=O)N(CCc2ccccc2)Cc2ccccc2)CC1. The second-order valence-electron chi connectivity index (χ2n) is 9.43. The lowest BCUT2D eigenvalue weighted by Gasteiger charge is -2.34. The Morgan fingerprint density at radius 2 is 1.41 bits per heavy atom. The molecular formula is C31H36N2O. The van der Waals surface area contributed by atoms with E-state index in [9.17, 15) is 4.79 Å². The van der Waals surface area contributed by atoms with Gasteiger partial charge in [-0.05, 0) is 56.0 Å². The molecule has 0 aliphatic carbocycles. The van der Waals surface area contributed by atoms with E-state index in [2.05, 4.69) is 102 Å². The Morgan fingerprint density at radius 3 is 2.03 bits per heavy atom. The van der Waals surface area contributed by atoms with Crippen LogP contribution in [0.1, 0.15) is 36.5 Å². The molecule has 3 aromatic rings. The van der Waals surface area contributed by atoms with Gasteiger partial charge >= 0.3 is 0 Å². The van der Waals surface area contributed by atoms with Crippen LogP contribution in [-0.4, -0.2) is 41.9 Å². The maximum Gasteiger partial charge on any atom is 0.226 e. The number of amides is 1. The van der Waals surface area contributed by atoms with Gasteiger partial charge < -0.3 is 4.90 Å². The first-order chi connectivity index (χ1) is 16.7. The highest BCUT2D eigenvalue weighted by atomic mass is 16.2. The molecule has 3 nitrogen and oxygen atoms in total. The molecule has 1 aliphatic rings. The van der Waals surface area contributed by atoms with Crippen LogP contribution in [0.25, 0.3) is 6.08 Å². The number of carbonyl (C=O) groups excluding carboxylic acids is 1. The van der Waals surface area contributed by atoms with Gasteiger partial charge in [-0.3, -0.25) is 9.69 Å². The van der Waals surface area contributed by atoms with Crippen LogP contribution in [0, 0.1) is 5.92 Å². The van der Waals surface area contributed by atoms with Gasteiger partial charge in [0, 0.05) is 25.6 Å². The number of hydrogen-bond donors (Lipinski definition) is 0. The minimum atomic E-state index is 0.120. The molecule has 0 N–H and O–H groups in total. The fourth-order valence-corrected chi connectivity index (χ4v) is 4.81. The van der Waals surface area contributed by atoms with Crippen LogP contribution in [-0.2, 0) is 17.8 Å². The molecule has 0 atom stereocenters. The van der Waals surface area contributed by atoms with Crippen LogP contribution in [0.2, 0.25) is 0 Å². The number of nitrogens with zero attached hydrogens (tertiary/aromatic N) is 2. The van der Waals surface area contributed by atoms with E-state index < -0.39 is 0 Å².